The van der Waals surface area contributed by atoms with Gasteiger partial charge in [0.2, 0.25) is 5.03 Å². The topological polar surface area (TPSA) is 111 Å². The van der Waals surface area contributed by atoms with Gasteiger partial charge in [-0.15, -0.1) is 15.3 Å². The number of halogens is 3. The Labute approximate surface area is 145 Å². The van der Waals surface area contributed by atoms with Gasteiger partial charge in [-0.3, -0.25) is 4.55 Å². The molecule has 1 N–H and O–H groups in total. The normalized spacial score (nSPS) is 12.3. The Morgan fingerprint density at radius 3 is 2.19 bits per heavy atom. The molecule has 0 amide bonds. The SMILES string of the molecule is Cc1ccc(-c2nc(C(F)(F)F)nn2-c2ccc(S(=O)(=O)O)nn2)cc1. The Morgan fingerprint density at radius 1 is 1.04 bits per heavy atom. The van der Waals surface area contributed by atoms with Crippen LogP contribution in [0, 0.1) is 6.92 Å². The van der Waals surface area contributed by atoms with Gasteiger partial charge in [0.05, 0.1) is 0 Å². The van der Waals surface area contributed by atoms with E-state index in [-0.39, 0.29) is 11.6 Å². The summed E-state index contributed by atoms with van der Waals surface area (Å²) in [5.41, 5.74) is 1.24. The minimum atomic E-state index is -4.79. The molecule has 1 aromatic carbocycles. The van der Waals surface area contributed by atoms with E-state index < -0.39 is 27.1 Å². The standard InChI is InChI=1S/C14H10F3N5O3S/c1-8-2-4-9(5-3-8)12-18-13(14(15,16)17)21-22(12)10-6-7-11(20-19-10)26(23,24)25/h2-7H,1H3,(H,23,24,25). The Hall–Kier alpha value is -2.86. The van der Waals surface area contributed by atoms with Crippen molar-refractivity contribution in [2.24, 2.45) is 0 Å². The van der Waals surface area contributed by atoms with Gasteiger partial charge in [-0.2, -0.15) is 26.3 Å². The van der Waals surface area contributed by atoms with E-state index in [0.29, 0.717) is 5.56 Å². The minimum Gasteiger partial charge on any atom is -0.281 e. The molecule has 0 aliphatic heterocycles. The van der Waals surface area contributed by atoms with E-state index in [0.717, 1.165) is 22.4 Å². The third kappa shape index (κ3) is 3.55. The van der Waals surface area contributed by atoms with Crippen LogP contribution in [-0.4, -0.2) is 37.9 Å². The Balaban J connectivity index is 2.16. The molecule has 3 rings (SSSR count). The van der Waals surface area contributed by atoms with E-state index in [1.165, 1.54) is 0 Å². The Bertz CT molecular complexity index is 1040. The molecule has 0 saturated carbocycles. The molecule has 2 aromatic heterocycles. The van der Waals surface area contributed by atoms with Crippen LogP contribution in [0.25, 0.3) is 17.2 Å². The van der Waals surface area contributed by atoms with Gasteiger partial charge in [-0.05, 0) is 19.1 Å². The zero-order valence-electron chi connectivity index (χ0n) is 13.0. The van der Waals surface area contributed by atoms with Crippen molar-refractivity contribution in [3.8, 4) is 17.2 Å². The second-order valence-electron chi connectivity index (χ2n) is 5.24. The van der Waals surface area contributed by atoms with Gasteiger partial charge in [0, 0.05) is 5.56 Å². The van der Waals surface area contributed by atoms with Crippen molar-refractivity contribution in [3.05, 3.63) is 47.8 Å². The van der Waals surface area contributed by atoms with Crippen LogP contribution in [0.15, 0.2) is 41.4 Å². The zero-order valence-corrected chi connectivity index (χ0v) is 13.8. The second kappa shape index (κ2) is 6.14. The number of benzene rings is 1. The molecule has 3 aromatic rings. The zero-order chi connectivity index (χ0) is 19.1. The highest BCUT2D eigenvalue weighted by atomic mass is 32.2. The molecule has 0 saturated heterocycles. The molecular weight excluding hydrogens is 375 g/mol. The highest BCUT2D eigenvalue weighted by Gasteiger charge is 2.37. The summed E-state index contributed by atoms with van der Waals surface area (Å²) in [5, 5.41) is 9.47. The molecule has 12 heteroatoms. The van der Waals surface area contributed by atoms with Crippen LogP contribution in [0.1, 0.15) is 11.4 Å². The van der Waals surface area contributed by atoms with Crippen LogP contribution in [0.5, 0.6) is 0 Å². The molecule has 0 radical (unpaired) electrons. The number of aromatic nitrogens is 5. The first-order valence-corrected chi connectivity index (χ1v) is 8.42. The summed E-state index contributed by atoms with van der Waals surface area (Å²) in [4.78, 5) is 3.52. The maximum absolute atomic E-state index is 13.0. The fraction of sp³-hybridized carbons (Fsp3) is 0.143. The monoisotopic (exact) mass is 385 g/mol. The second-order valence-corrected chi connectivity index (χ2v) is 6.61. The maximum Gasteiger partial charge on any atom is 0.453 e. The summed E-state index contributed by atoms with van der Waals surface area (Å²) in [7, 11) is -4.59. The lowest BCUT2D eigenvalue weighted by Crippen LogP contribution is -2.10. The van der Waals surface area contributed by atoms with Crippen LogP contribution in [0.2, 0.25) is 0 Å². The first kappa shape index (κ1) is 17.9. The molecule has 26 heavy (non-hydrogen) atoms. The predicted molar refractivity (Wildman–Crippen MR) is 81.9 cm³/mol. The van der Waals surface area contributed by atoms with E-state index in [1.54, 1.807) is 24.3 Å². The highest BCUT2D eigenvalue weighted by molar-refractivity contribution is 7.85. The number of hydrogen-bond acceptors (Lipinski definition) is 6. The fourth-order valence-corrected chi connectivity index (χ4v) is 2.43. The van der Waals surface area contributed by atoms with E-state index in [2.05, 4.69) is 20.3 Å². The lowest BCUT2D eigenvalue weighted by molar-refractivity contribution is -0.144. The summed E-state index contributed by atoms with van der Waals surface area (Å²) in [6.45, 7) is 1.81. The summed E-state index contributed by atoms with van der Waals surface area (Å²) in [6, 6.07) is 8.46. The smallest absolute Gasteiger partial charge is 0.281 e. The lowest BCUT2D eigenvalue weighted by atomic mass is 10.1. The van der Waals surface area contributed by atoms with E-state index in [1.807, 2.05) is 6.92 Å². The largest absolute Gasteiger partial charge is 0.453 e. The van der Waals surface area contributed by atoms with Crippen LogP contribution < -0.4 is 0 Å². The summed E-state index contributed by atoms with van der Waals surface area (Å²) < 4.78 is 70.7. The molecule has 8 nitrogen and oxygen atoms in total. The fourth-order valence-electron chi connectivity index (χ4n) is 2.04. The maximum atomic E-state index is 13.0. The van der Waals surface area contributed by atoms with Gasteiger partial charge >= 0.3 is 16.3 Å². The first-order chi connectivity index (χ1) is 12.1. The average molecular weight is 385 g/mol. The van der Waals surface area contributed by atoms with Crippen molar-refractivity contribution in [2.75, 3.05) is 0 Å². The minimum absolute atomic E-state index is 0.147. The van der Waals surface area contributed by atoms with Crippen molar-refractivity contribution in [3.63, 3.8) is 0 Å². The van der Waals surface area contributed by atoms with Gasteiger partial charge < -0.3 is 0 Å². The summed E-state index contributed by atoms with van der Waals surface area (Å²) in [5.74, 6) is -1.73. The Kier molecular flexibility index (Phi) is 4.24. The van der Waals surface area contributed by atoms with E-state index in [9.17, 15) is 21.6 Å². The van der Waals surface area contributed by atoms with Gasteiger partial charge in [-0.25, -0.2) is 4.98 Å². The quantitative estimate of drug-likeness (QED) is 0.689. The number of hydrogen-bond donors (Lipinski definition) is 1. The summed E-state index contributed by atoms with van der Waals surface area (Å²) in [6.07, 6.45) is -4.79. The number of nitrogens with zero attached hydrogens (tertiary/aromatic N) is 5. The molecule has 2 heterocycles. The van der Waals surface area contributed by atoms with E-state index in [4.69, 9.17) is 4.55 Å². The molecule has 0 aliphatic rings. The van der Waals surface area contributed by atoms with Gasteiger partial charge in [0.25, 0.3) is 5.82 Å². The Morgan fingerprint density at radius 2 is 1.69 bits per heavy atom. The third-order valence-electron chi connectivity index (χ3n) is 3.28. The van der Waals surface area contributed by atoms with Crippen molar-refractivity contribution in [2.45, 2.75) is 18.1 Å². The molecule has 0 atom stereocenters. The van der Waals surface area contributed by atoms with Crippen molar-refractivity contribution in [1.82, 2.24) is 25.0 Å². The number of alkyl halides is 3. The van der Waals surface area contributed by atoms with Crippen LogP contribution in [-0.2, 0) is 16.3 Å². The molecule has 0 unspecified atom stereocenters. The molecule has 0 spiro atoms. The molecule has 0 fully saturated rings. The van der Waals surface area contributed by atoms with Crippen molar-refractivity contribution < 1.29 is 26.1 Å². The predicted octanol–water partition coefficient (Wildman–Crippen LogP) is 2.30. The van der Waals surface area contributed by atoms with E-state index >= 15 is 0 Å². The average Bonchev–Trinajstić information content (AvgIpc) is 3.00. The molecular formula is C14H10F3N5O3S. The molecule has 0 aliphatic carbocycles. The third-order valence-corrected chi connectivity index (χ3v) is 4.02. The number of aryl methyl sites for hydroxylation is 1. The van der Waals surface area contributed by atoms with Gasteiger partial charge in [0.15, 0.2) is 11.6 Å². The van der Waals surface area contributed by atoms with Crippen molar-refractivity contribution in [1.29, 1.82) is 0 Å². The highest BCUT2D eigenvalue weighted by Crippen LogP contribution is 2.30. The number of rotatable bonds is 3. The van der Waals surface area contributed by atoms with Gasteiger partial charge in [-0.1, -0.05) is 29.8 Å². The first-order valence-electron chi connectivity index (χ1n) is 6.98. The summed E-state index contributed by atoms with van der Waals surface area (Å²) >= 11 is 0. The lowest BCUT2D eigenvalue weighted by Gasteiger charge is -2.05. The van der Waals surface area contributed by atoms with Gasteiger partial charge in [0.1, 0.15) is 0 Å². The van der Waals surface area contributed by atoms with Crippen LogP contribution in [0.4, 0.5) is 13.2 Å². The van der Waals surface area contributed by atoms with Crippen molar-refractivity contribution >= 4 is 10.1 Å². The molecule has 0 bridgehead atoms. The van der Waals surface area contributed by atoms with Crippen LogP contribution >= 0.6 is 0 Å². The molecule has 136 valence electrons. The van der Waals surface area contributed by atoms with Crippen LogP contribution in [0.3, 0.4) is 0 Å².